The zero-order chi connectivity index (χ0) is 39.7. The molecule has 2 saturated heterocycles. The second-order valence-corrected chi connectivity index (χ2v) is 20.4. The highest BCUT2D eigenvalue weighted by atomic mass is 16.7. The molecule has 22 atom stereocenters. The van der Waals surface area contributed by atoms with Crippen molar-refractivity contribution in [3.05, 3.63) is 0 Å². The number of fused-ring (bicyclic) bond motifs is 7. The molecule has 0 bridgehead atoms. The normalized spacial score (nSPS) is 58.3. The predicted octanol–water partition coefficient (Wildman–Crippen LogP) is 0.0294. The Labute approximate surface area is 318 Å². The number of hydrogen-bond acceptors (Lipinski definition) is 14. The van der Waals surface area contributed by atoms with E-state index in [4.69, 9.17) is 18.9 Å². The lowest BCUT2D eigenvalue weighted by Crippen LogP contribution is -2.72. The summed E-state index contributed by atoms with van der Waals surface area (Å²) in [6.45, 7) is 14.1. The van der Waals surface area contributed by atoms with Crippen molar-refractivity contribution >= 4 is 0 Å². The van der Waals surface area contributed by atoms with E-state index in [1.54, 1.807) is 0 Å². The zero-order valence-electron chi connectivity index (χ0n) is 32.9. The Morgan fingerprint density at radius 2 is 1.30 bits per heavy atom. The van der Waals surface area contributed by atoms with Crippen LogP contribution in [0.2, 0.25) is 0 Å². The fraction of sp³-hybridized carbons (Fsp3) is 1.00. The summed E-state index contributed by atoms with van der Waals surface area (Å²) in [7, 11) is 0. The molecule has 0 radical (unpaired) electrons. The van der Waals surface area contributed by atoms with Gasteiger partial charge in [-0.1, -0.05) is 48.5 Å². The average molecular weight is 773 g/mol. The number of aliphatic hydroxyl groups excluding tert-OH is 10. The van der Waals surface area contributed by atoms with E-state index in [9.17, 15) is 51.1 Å². The predicted molar refractivity (Wildman–Crippen MR) is 191 cm³/mol. The highest BCUT2D eigenvalue weighted by Gasteiger charge is 2.73. The molecule has 2 heterocycles. The van der Waals surface area contributed by atoms with Gasteiger partial charge in [-0.05, 0) is 102 Å². The minimum absolute atomic E-state index is 0.0652. The maximum atomic E-state index is 12.2. The second-order valence-electron chi connectivity index (χ2n) is 20.4. The Morgan fingerprint density at radius 3 is 1.96 bits per heavy atom. The van der Waals surface area contributed by atoms with Crippen LogP contribution in [0, 0.1) is 56.7 Å². The molecule has 0 amide bonds. The smallest absolute Gasteiger partial charge is 0.187 e. The fourth-order valence-corrected chi connectivity index (χ4v) is 14.4. The molecule has 312 valence electrons. The van der Waals surface area contributed by atoms with Crippen molar-refractivity contribution in [3.8, 4) is 0 Å². The molecule has 10 N–H and O–H groups in total. The van der Waals surface area contributed by atoms with E-state index in [1.165, 1.54) is 0 Å². The van der Waals surface area contributed by atoms with Gasteiger partial charge in [-0.2, -0.15) is 0 Å². The zero-order valence-corrected chi connectivity index (χ0v) is 32.9. The van der Waals surface area contributed by atoms with Crippen LogP contribution >= 0.6 is 0 Å². The van der Waals surface area contributed by atoms with E-state index in [0.717, 1.165) is 19.3 Å². The van der Waals surface area contributed by atoms with Gasteiger partial charge in [-0.25, -0.2) is 0 Å². The Balaban J connectivity index is 1.27. The van der Waals surface area contributed by atoms with Crippen molar-refractivity contribution in [2.45, 2.75) is 179 Å². The molecule has 4 unspecified atom stereocenters. The van der Waals surface area contributed by atoms with Crippen LogP contribution in [0.25, 0.3) is 0 Å². The van der Waals surface area contributed by atoms with Gasteiger partial charge in [-0.15, -0.1) is 0 Å². The fourth-order valence-electron chi connectivity index (χ4n) is 14.4. The van der Waals surface area contributed by atoms with Gasteiger partial charge in [-0.3, -0.25) is 0 Å². The molecule has 0 aromatic rings. The molecule has 7 rings (SSSR count). The summed E-state index contributed by atoms with van der Waals surface area (Å²) < 4.78 is 24.7. The summed E-state index contributed by atoms with van der Waals surface area (Å²) in [5.74, 6) is -0.283. The Hall–Kier alpha value is -0.560. The van der Waals surface area contributed by atoms with Crippen LogP contribution in [0.3, 0.4) is 0 Å². The lowest BCUT2D eigenvalue weighted by atomic mass is 9.31. The van der Waals surface area contributed by atoms with Crippen LogP contribution in [-0.4, -0.2) is 150 Å². The van der Waals surface area contributed by atoms with Crippen molar-refractivity contribution in [1.29, 1.82) is 0 Å². The summed E-state index contributed by atoms with van der Waals surface area (Å²) in [5.41, 5.74) is -2.49. The molecule has 14 nitrogen and oxygen atoms in total. The first-order valence-corrected chi connectivity index (χ1v) is 20.4. The van der Waals surface area contributed by atoms with Gasteiger partial charge in [0, 0.05) is 0 Å². The number of aliphatic hydroxyl groups is 10. The number of hydrogen-bond donors (Lipinski definition) is 10. The Bertz CT molecular complexity index is 1360. The minimum atomic E-state index is -1.64. The van der Waals surface area contributed by atoms with Gasteiger partial charge in [0.1, 0.15) is 42.7 Å². The molecular formula is C40H68O14. The molecule has 0 aromatic carbocycles. The first-order chi connectivity index (χ1) is 25.1. The molecule has 5 aliphatic carbocycles. The molecule has 7 aliphatic rings. The number of ether oxygens (including phenoxy) is 4. The summed E-state index contributed by atoms with van der Waals surface area (Å²) in [5, 5.41) is 109. The lowest BCUT2D eigenvalue weighted by Gasteiger charge is -2.74. The van der Waals surface area contributed by atoms with Gasteiger partial charge in [0.25, 0.3) is 0 Å². The standard InChI is InChI=1S/C40H68O14/c1-36(2)25(44)10-11-38(5)24-9-8-18-17-12-21(52-35-31(49)29(47)28(46)23(15-41)54-35)33(50)37(3,4)26(17)22(53-34-30(48)27(45)20(43)16-51-34)14-39(18,6)40(24,7)13-19(42)32(36)38/h17-35,41-50H,8-16H2,1-7H3/t17?,18-,19+,20-,21-,22-,23-,24-,25+,26+,27-,28-,29+,30+,31-,32?,33+,34?,35?,38-,39-,40-/m1/s1. The topological polar surface area (TPSA) is 239 Å². The van der Waals surface area contributed by atoms with Crippen LogP contribution in [0.1, 0.15) is 93.4 Å². The molecule has 54 heavy (non-hydrogen) atoms. The van der Waals surface area contributed by atoms with E-state index in [1.807, 2.05) is 13.8 Å². The minimum Gasteiger partial charge on any atom is -0.394 e. The van der Waals surface area contributed by atoms with Gasteiger partial charge in [0.2, 0.25) is 0 Å². The monoisotopic (exact) mass is 772 g/mol. The molecule has 2 aliphatic heterocycles. The summed E-state index contributed by atoms with van der Waals surface area (Å²) in [6.07, 6.45) is -12.1. The molecule has 5 saturated carbocycles. The molecule has 0 aromatic heterocycles. The van der Waals surface area contributed by atoms with Crippen molar-refractivity contribution in [3.63, 3.8) is 0 Å². The van der Waals surface area contributed by atoms with Gasteiger partial charge in [0.15, 0.2) is 12.6 Å². The van der Waals surface area contributed by atoms with Crippen molar-refractivity contribution in [2.24, 2.45) is 56.7 Å². The van der Waals surface area contributed by atoms with Crippen LogP contribution in [0.5, 0.6) is 0 Å². The molecule has 0 spiro atoms. The molecule has 14 heteroatoms. The van der Waals surface area contributed by atoms with E-state index in [0.29, 0.717) is 25.7 Å². The SMILES string of the molecule is CC1(C)C2[C@@H](O)C[C@]3(C)[C@H](CC[C@@H]4C5C[C@@H](OC6O[C@H](CO)[C@@H](O)[C@H](O)[C@H]6O)[C@H](O)C(C)(C)[C@@H]5[C@H](OC5OC[C@@H](O)[C@@H](O)[C@@H]5O)C[C@]43C)[C@@]2(C)CC[C@@H]1O. The Kier molecular flexibility index (Phi) is 10.8. The van der Waals surface area contributed by atoms with Gasteiger partial charge in [0.05, 0.1) is 43.7 Å². The van der Waals surface area contributed by atoms with Crippen molar-refractivity contribution in [1.82, 2.24) is 0 Å². The summed E-state index contributed by atoms with van der Waals surface area (Å²) in [4.78, 5) is 0. The van der Waals surface area contributed by atoms with Gasteiger partial charge < -0.3 is 70.0 Å². The summed E-state index contributed by atoms with van der Waals surface area (Å²) >= 11 is 0. The Morgan fingerprint density at radius 1 is 0.648 bits per heavy atom. The molecular weight excluding hydrogens is 704 g/mol. The quantitative estimate of drug-likeness (QED) is 0.166. The highest BCUT2D eigenvalue weighted by Crippen LogP contribution is 2.76. The van der Waals surface area contributed by atoms with Crippen LogP contribution in [0.4, 0.5) is 0 Å². The van der Waals surface area contributed by atoms with E-state index in [2.05, 4.69) is 34.6 Å². The summed E-state index contributed by atoms with van der Waals surface area (Å²) in [6, 6.07) is 0. The van der Waals surface area contributed by atoms with Crippen LogP contribution in [-0.2, 0) is 18.9 Å². The largest absolute Gasteiger partial charge is 0.394 e. The van der Waals surface area contributed by atoms with Crippen LogP contribution < -0.4 is 0 Å². The third kappa shape index (κ3) is 5.94. The number of rotatable bonds is 5. The van der Waals surface area contributed by atoms with Gasteiger partial charge >= 0.3 is 0 Å². The van der Waals surface area contributed by atoms with E-state index in [-0.39, 0.29) is 41.6 Å². The first kappa shape index (κ1) is 41.6. The first-order valence-electron chi connectivity index (χ1n) is 20.4. The second kappa shape index (κ2) is 14.0. The molecule has 7 fully saturated rings. The van der Waals surface area contributed by atoms with E-state index < -0.39 is 114 Å². The van der Waals surface area contributed by atoms with Crippen molar-refractivity contribution < 1.29 is 70.0 Å². The van der Waals surface area contributed by atoms with Crippen molar-refractivity contribution in [2.75, 3.05) is 13.2 Å². The average Bonchev–Trinajstić information content (AvgIpc) is 3.09. The van der Waals surface area contributed by atoms with E-state index >= 15 is 0 Å². The lowest BCUT2D eigenvalue weighted by molar-refractivity contribution is -0.349. The maximum Gasteiger partial charge on any atom is 0.187 e. The highest BCUT2D eigenvalue weighted by molar-refractivity contribution is 5.21. The van der Waals surface area contributed by atoms with Crippen LogP contribution in [0.15, 0.2) is 0 Å². The maximum absolute atomic E-state index is 12.2. The third-order valence-electron chi connectivity index (χ3n) is 17.2. The third-order valence-corrected chi connectivity index (χ3v) is 17.2.